The van der Waals surface area contributed by atoms with Crippen LogP contribution in [-0.4, -0.2) is 28.0 Å². The molecule has 1 aromatic rings. The van der Waals surface area contributed by atoms with Crippen molar-refractivity contribution in [3.8, 4) is 0 Å². The van der Waals surface area contributed by atoms with Crippen molar-refractivity contribution in [2.75, 3.05) is 0 Å². The van der Waals surface area contributed by atoms with E-state index in [1.165, 1.54) is 11.3 Å². The molecule has 0 fully saturated rings. The molecule has 3 amide bonds. The molecule has 0 saturated carbocycles. The van der Waals surface area contributed by atoms with Crippen molar-refractivity contribution in [2.24, 2.45) is 0 Å². The number of carbonyl (C=O) groups excluding carboxylic acids is 2. The number of nitrogens with one attached hydrogen (secondary N) is 2. The monoisotopic (exact) mass is 285 g/mol. The van der Waals surface area contributed by atoms with Crippen LogP contribution >= 0.6 is 11.3 Å². The quantitative estimate of drug-likeness (QED) is 0.719. The van der Waals surface area contributed by atoms with E-state index in [1.54, 1.807) is 6.20 Å². The second-order valence-corrected chi connectivity index (χ2v) is 4.90. The summed E-state index contributed by atoms with van der Waals surface area (Å²) in [5, 5.41) is 13.7. The van der Waals surface area contributed by atoms with Gasteiger partial charge in [-0.15, -0.1) is 11.3 Å². The largest absolute Gasteiger partial charge is 0.481 e. The topological polar surface area (TPSA) is 108 Å². The van der Waals surface area contributed by atoms with Crippen LogP contribution in [0.1, 0.15) is 29.7 Å². The molecule has 7 nitrogen and oxygen atoms in total. The number of nitrogens with zero attached hydrogens (tertiary/aromatic N) is 1. The van der Waals surface area contributed by atoms with Crippen LogP contribution in [0.25, 0.3) is 0 Å². The summed E-state index contributed by atoms with van der Waals surface area (Å²) >= 11 is 1.49. The second kappa shape index (κ2) is 7.47. The molecule has 0 saturated heterocycles. The first-order valence-corrected chi connectivity index (χ1v) is 6.56. The summed E-state index contributed by atoms with van der Waals surface area (Å²) in [6.45, 7) is 2.25. The molecule has 0 aliphatic carbocycles. The van der Waals surface area contributed by atoms with E-state index < -0.39 is 17.9 Å². The Kier molecular flexibility index (Phi) is 5.94. The third-order valence-corrected chi connectivity index (χ3v) is 3.31. The third kappa shape index (κ3) is 5.96. The van der Waals surface area contributed by atoms with Crippen molar-refractivity contribution in [3.63, 3.8) is 0 Å². The number of amides is 3. The van der Waals surface area contributed by atoms with Crippen LogP contribution in [-0.2, 0) is 22.6 Å². The van der Waals surface area contributed by atoms with Crippen molar-refractivity contribution in [3.05, 3.63) is 16.1 Å². The highest BCUT2D eigenvalue weighted by Crippen LogP contribution is 2.12. The van der Waals surface area contributed by atoms with Gasteiger partial charge in [0.25, 0.3) is 0 Å². The van der Waals surface area contributed by atoms with Crippen LogP contribution in [0, 0.1) is 0 Å². The van der Waals surface area contributed by atoms with Gasteiger partial charge in [-0.2, -0.15) is 0 Å². The molecule has 0 atom stereocenters. The number of hydrogen-bond donors (Lipinski definition) is 3. The van der Waals surface area contributed by atoms with Crippen molar-refractivity contribution < 1.29 is 19.5 Å². The van der Waals surface area contributed by atoms with Crippen molar-refractivity contribution in [2.45, 2.75) is 32.7 Å². The minimum Gasteiger partial charge on any atom is -0.481 e. The van der Waals surface area contributed by atoms with E-state index >= 15 is 0 Å². The van der Waals surface area contributed by atoms with Crippen LogP contribution < -0.4 is 10.6 Å². The van der Waals surface area contributed by atoms with Crippen molar-refractivity contribution in [1.82, 2.24) is 15.6 Å². The van der Waals surface area contributed by atoms with Gasteiger partial charge < -0.3 is 10.4 Å². The fraction of sp³-hybridized carbons (Fsp3) is 0.455. The summed E-state index contributed by atoms with van der Waals surface area (Å²) < 4.78 is 0. The van der Waals surface area contributed by atoms with Gasteiger partial charge in [0.2, 0.25) is 5.91 Å². The zero-order chi connectivity index (χ0) is 14.3. The average Bonchev–Trinajstić information content (AvgIpc) is 2.82. The van der Waals surface area contributed by atoms with Gasteiger partial charge in [0.15, 0.2) is 0 Å². The fourth-order valence-electron chi connectivity index (χ4n) is 1.20. The standard InChI is InChI=1S/C11H15N3O4S/c1-2-7-5-12-9(19-7)6-13-11(18)14-8(15)3-4-10(16)17/h5H,2-4,6H2,1H3,(H,16,17)(H2,13,14,15,18). The SMILES string of the molecule is CCc1cnc(CNC(=O)NC(=O)CCC(=O)O)s1. The number of urea groups is 1. The Bertz CT molecular complexity index is 472. The van der Waals surface area contributed by atoms with Gasteiger partial charge in [-0.05, 0) is 6.42 Å². The van der Waals surface area contributed by atoms with Crippen molar-refractivity contribution in [1.29, 1.82) is 0 Å². The molecule has 19 heavy (non-hydrogen) atoms. The van der Waals surface area contributed by atoms with Gasteiger partial charge in [0.1, 0.15) is 5.01 Å². The minimum absolute atomic E-state index is 0.222. The zero-order valence-corrected chi connectivity index (χ0v) is 11.2. The molecule has 0 aliphatic rings. The van der Waals surface area contributed by atoms with E-state index in [1.807, 2.05) is 6.92 Å². The maximum Gasteiger partial charge on any atom is 0.321 e. The first-order chi connectivity index (χ1) is 9.01. The predicted molar refractivity (Wildman–Crippen MR) is 68.7 cm³/mol. The number of aliphatic carboxylic acids is 1. The summed E-state index contributed by atoms with van der Waals surface area (Å²) in [5.74, 6) is -1.70. The Morgan fingerprint density at radius 3 is 2.68 bits per heavy atom. The lowest BCUT2D eigenvalue weighted by Crippen LogP contribution is -2.39. The van der Waals surface area contributed by atoms with Gasteiger partial charge in [-0.25, -0.2) is 9.78 Å². The molecule has 0 radical (unpaired) electrons. The first-order valence-electron chi connectivity index (χ1n) is 5.74. The maximum absolute atomic E-state index is 11.3. The summed E-state index contributed by atoms with van der Waals surface area (Å²) in [4.78, 5) is 38.0. The highest BCUT2D eigenvalue weighted by Gasteiger charge is 2.10. The van der Waals surface area contributed by atoms with Gasteiger partial charge in [0.05, 0.1) is 13.0 Å². The minimum atomic E-state index is -1.08. The lowest BCUT2D eigenvalue weighted by Gasteiger charge is -2.04. The summed E-state index contributed by atoms with van der Waals surface area (Å²) in [5.41, 5.74) is 0. The Hall–Kier alpha value is -1.96. The summed E-state index contributed by atoms with van der Waals surface area (Å²) in [6, 6.07) is -0.649. The molecule has 0 spiro atoms. The Balaban J connectivity index is 2.27. The number of carboxylic acids is 1. The van der Waals surface area contributed by atoms with E-state index in [4.69, 9.17) is 5.11 Å². The highest BCUT2D eigenvalue weighted by atomic mass is 32.1. The number of carbonyl (C=O) groups is 3. The Labute approximate surface area is 114 Å². The molecular weight excluding hydrogens is 270 g/mol. The highest BCUT2D eigenvalue weighted by molar-refractivity contribution is 7.11. The Morgan fingerprint density at radius 2 is 2.11 bits per heavy atom. The smallest absolute Gasteiger partial charge is 0.321 e. The fourth-order valence-corrected chi connectivity index (χ4v) is 2.01. The van der Waals surface area contributed by atoms with Crippen molar-refractivity contribution >= 4 is 29.2 Å². The molecule has 0 bridgehead atoms. The molecule has 1 aromatic heterocycles. The van der Waals surface area contributed by atoms with Gasteiger partial charge in [-0.1, -0.05) is 6.92 Å². The lowest BCUT2D eigenvalue weighted by molar-refractivity contribution is -0.138. The van der Waals surface area contributed by atoms with E-state index in [0.717, 1.165) is 16.3 Å². The number of aromatic nitrogens is 1. The molecule has 0 aromatic carbocycles. The van der Waals surface area contributed by atoms with Crippen LogP contribution in [0.15, 0.2) is 6.20 Å². The number of aryl methyl sites for hydroxylation is 1. The number of rotatable bonds is 6. The zero-order valence-electron chi connectivity index (χ0n) is 10.4. The van der Waals surface area contributed by atoms with Gasteiger partial charge >= 0.3 is 12.0 Å². The molecule has 0 aliphatic heterocycles. The molecule has 8 heteroatoms. The summed E-state index contributed by atoms with van der Waals surface area (Å²) in [6.07, 6.45) is 2.11. The van der Waals surface area contributed by atoms with Crippen LogP contribution in [0.5, 0.6) is 0 Å². The van der Waals surface area contributed by atoms with E-state index in [9.17, 15) is 14.4 Å². The van der Waals surface area contributed by atoms with Gasteiger partial charge in [-0.3, -0.25) is 14.9 Å². The van der Waals surface area contributed by atoms with E-state index in [2.05, 4.69) is 15.6 Å². The second-order valence-electron chi connectivity index (χ2n) is 3.70. The maximum atomic E-state index is 11.3. The molecule has 1 rings (SSSR count). The van der Waals surface area contributed by atoms with Crippen LogP contribution in [0.4, 0.5) is 4.79 Å². The normalized spacial score (nSPS) is 9.95. The lowest BCUT2D eigenvalue weighted by atomic mass is 10.3. The third-order valence-electron chi connectivity index (χ3n) is 2.17. The van der Waals surface area contributed by atoms with E-state index in [-0.39, 0.29) is 19.4 Å². The van der Waals surface area contributed by atoms with Gasteiger partial charge in [0, 0.05) is 17.5 Å². The summed E-state index contributed by atoms with van der Waals surface area (Å²) in [7, 11) is 0. The van der Waals surface area contributed by atoms with Crippen LogP contribution in [0.2, 0.25) is 0 Å². The number of thiazole rings is 1. The molecule has 0 unspecified atom stereocenters. The first kappa shape index (κ1) is 15.1. The molecule has 104 valence electrons. The number of imide groups is 1. The Morgan fingerprint density at radius 1 is 1.37 bits per heavy atom. The van der Waals surface area contributed by atoms with Crippen LogP contribution in [0.3, 0.4) is 0 Å². The molecule has 3 N–H and O–H groups in total. The van der Waals surface area contributed by atoms with E-state index in [0.29, 0.717) is 0 Å². The number of hydrogen-bond acceptors (Lipinski definition) is 5. The number of carboxylic acid groups (broad SMARTS) is 1. The average molecular weight is 285 g/mol. The molecular formula is C11H15N3O4S. The predicted octanol–water partition coefficient (Wildman–Crippen LogP) is 0.896. The molecule has 1 heterocycles.